The number of cyclic esters (lactones) is 1. The average Bonchev–Trinajstić information content (AvgIpc) is 2.78. The molecule has 0 saturated heterocycles. The van der Waals surface area contributed by atoms with Gasteiger partial charge in [0.2, 0.25) is 0 Å². The van der Waals surface area contributed by atoms with Gasteiger partial charge in [-0.05, 0) is 18.4 Å². The lowest BCUT2D eigenvalue weighted by atomic mass is 10.0. The minimum Gasteiger partial charge on any atom is -0.497 e. The van der Waals surface area contributed by atoms with Gasteiger partial charge in [-0.25, -0.2) is 4.79 Å². The number of esters is 1. The summed E-state index contributed by atoms with van der Waals surface area (Å²) in [6.07, 6.45) is 1.10. The van der Waals surface area contributed by atoms with Crippen LogP contribution in [-0.2, 0) is 20.7 Å². The highest BCUT2D eigenvalue weighted by Gasteiger charge is 2.33. The Bertz CT molecular complexity index is 438. The largest absolute Gasteiger partial charge is 0.497 e. The topological polar surface area (TPSA) is 55.8 Å². The molecule has 0 bridgehead atoms. The second-order valence-electron chi connectivity index (χ2n) is 4.20. The highest BCUT2D eigenvalue weighted by molar-refractivity contribution is 5.85. The van der Waals surface area contributed by atoms with Crippen molar-refractivity contribution in [1.82, 2.24) is 0 Å². The van der Waals surface area contributed by atoms with E-state index in [0.29, 0.717) is 12.2 Å². The van der Waals surface area contributed by atoms with Gasteiger partial charge in [0.25, 0.3) is 0 Å². The number of hydrogen-bond donors (Lipinski definition) is 1. The summed E-state index contributed by atoms with van der Waals surface area (Å²) >= 11 is 0. The third-order valence-electron chi connectivity index (χ3n) is 2.94. The molecule has 2 rings (SSSR count). The Morgan fingerprint density at radius 1 is 1.39 bits per heavy atom. The Kier molecular flexibility index (Phi) is 3.99. The van der Waals surface area contributed by atoms with Gasteiger partial charge < -0.3 is 14.6 Å². The highest BCUT2D eigenvalue weighted by atomic mass is 16.6. The van der Waals surface area contributed by atoms with Crippen molar-refractivity contribution < 1.29 is 19.4 Å². The first kappa shape index (κ1) is 12.6. The summed E-state index contributed by atoms with van der Waals surface area (Å²) in [6.45, 7) is 0. The molecular formula is C14H16O4. The molecule has 0 aromatic heterocycles. The van der Waals surface area contributed by atoms with Crippen LogP contribution in [0.2, 0.25) is 0 Å². The summed E-state index contributed by atoms with van der Waals surface area (Å²) in [5.74, 6) is -0.0730. The molecule has 1 aromatic carbocycles. The van der Waals surface area contributed by atoms with Crippen molar-refractivity contribution in [1.29, 1.82) is 0 Å². The van der Waals surface area contributed by atoms with Crippen LogP contribution in [0.4, 0.5) is 0 Å². The third kappa shape index (κ3) is 2.90. The second-order valence-corrected chi connectivity index (χ2v) is 4.20. The molecule has 1 aromatic rings. The van der Waals surface area contributed by atoms with Gasteiger partial charge in [0, 0.05) is 0 Å². The number of carbonyl (C=O) groups is 1. The molecule has 1 aliphatic rings. The van der Waals surface area contributed by atoms with Crippen molar-refractivity contribution in [3.05, 3.63) is 47.7 Å². The number of methoxy groups -OCH3 is 1. The quantitative estimate of drug-likeness (QED) is 0.801. The van der Waals surface area contributed by atoms with Crippen molar-refractivity contribution >= 4 is 5.97 Å². The molecule has 4 nitrogen and oxygen atoms in total. The van der Waals surface area contributed by atoms with Crippen molar-refractivity contribution in [3.63, 3.8) is 0 Å². The lowest BCUT2D eigenvalue weighted by Crippen LogP contribution is -2.29. The standard InChI is InChI=1S/C14H16O4/c1-17-12-9-13(16)18-14(12)11(15)8-7-10-5-3-2-4-6-10/h2-6,9,11,14-15H,7-8H2,1H3. The molecule has 96 valence electrons. The number of rotatable bonds is 5. The number of hydrogen-bond acceptors (Lipinski definition) is 4. The van der Waals surface area contributed by atoms with E-state index in [2.05, 4.69) is 0 Å². The molecule has 0 aliphatic carbocycles. The minimum atomic E-state index is -0.747. The normalized spacial score (nSPS) is 20.2. The van der Waals surface area contributed by atoms with Gasteiger partial charge in [-0.15, -0.1) is 0 Å². The average molecular weight is 248 g/mol. The van der Waals surface area contributed by atoms with Crippen molar-refractivity contribution in [2.75, 3.05) is 7.11 Å². The van der Waals surface area contributed by atoms with E-state index in [-0.39, 0.29) is 0 Å². The van der Waals surface area contributed by atoms with E-state index in [9.17, 15) is 9.90 Å². The van der Waals surface area contributed by atoms with Crippen LogP contribution in [0, 0.1) is 0 Å². The summed E-state index contributed by atoms with van der Waals surface area (Å²) in [7, 11) is 1.46. The molecule has 1 N–H and O–H groups in total. The molecule has 0 saturated carbocycles. The molecule has 1 aliphatic heterocycles. The van der Waals surface area contributed by atoms with E-state index in [1.807, 2.05) is 30.3 Å². The summed E-state index contributed by atoms with van der Waals surface area (Å²) in [5.41, 5.74) is 1.14. The van der Waals surface area contributed by atoms with Gasteiger partial charge in [-0.3, -0.25) is 0 Å². The van der Waals surface area contributed by atoms with Gasteiger partial charge in [-0.2, -0.15) is 0 Å². The minimum absolute atomic E-state index is 0.389. The Balaban J connectivity index is 1.91. The van der Waals surface area contributed by atoms with E-state index >= 15 is 0 Å². The van der Waals surface area contributed by atoms with Crippen LogP contribution in [0.1, 0.15) is 12.0 Å². The van der Waals surface area contributed by atoms with Crippen LogP contribution in [0.25, 0.3) is 0 Å². The summed E-state index contributed by atoms with van der Waals surface area (Å²) < 4.78 is 10.0. The van der Waals surface area contributed by atoms with Gasteiger partial charge in [0.15, 0.2) is 6.10 Å². The molecule has 0 amide bonds. The van der Waals surface area contributed by atoms with E-state index in [4.69, 9.17) is 9.47 Å². The lowest BCUT2D eigenvalue weighted by Gasteiger charge is -2.19. The monoisotopic (exact) mass is 248 g/mol. The van der Waals surface area contributed by atoms with Gasteiger partial charge >= 0.3 is 5.97 Å². The fraction of sp³-hybridized carbons (Fsp3) is 0.357. The number of carbonyl (C=O) groups excluding carboxylic acids is 1. The van der Waals surface area contributed by atoms with Crippen LogP contribution in [0.5, 0.6) is 0 Å². The lowest BCUT2D eigenvalue weighted by molar-refractivity contribution is -0.144. The number of aryl methyl sites for hydroxylation is 1. The number of aliphatic hydroxyl groups excluding tert-OH is 1. The Morgan fingerprint density at radius 2 is 2.11 bits per heavy atom. The molecule has 4 heteroatoms. The van der Waals surface area contributed by atoms with Gasteiger partial charge in [0.1, 0.15) is 5.76 Å². The van der Waals surface area contributed by atoms with Crippen LogP contribution >= 0.6 is 0 Å². The van der Waals surface area contributed by atoms with Crippen LogP contribution in [0.15, 0.2) is 42.2 Å². The highest BCUT2D eigenvalue weighted by Crippen LogP contribution is 2.22. The zero-order valence-corrected chi connectivity index (χ0v) is 10.2. The van der Waals surface area contributed by atoms with E-state index in [0.717, 1.165) is 12.0 Å². The maximum Gasteiger partial charge on any atom is 0.335 e. The predicted molar refractivity (Wildman–Crippen MR) is 65.7 cm³/mol. The first-order valence-electron chi connectivity index (χ1n) is 5.89. The van der Waals surface area contributed by atoms with Crippen LogP contribution < -0.4 is 0 Å². The molecule has 0 fully saturated rings. The Morgan fingerprint density at radius 3 is 2.78 bits per heavy atom. The maximum absolute atomic E-state index is 11.1. The smallest absolute Gasteiger partial charge is 0.335 e. The van der Waals surface area contributed by atoms with E-state index in [1.54, 1.807) is 0 Å². The molecule has 1 heterocycles. The predicted octanol–water partition coefficient (Wildman–Crippen LogP) is 1.44. The molecule has 0 radical (unpaired) electrons. The fourth-order valence-electron chi connectivity index (χ4n) is 1.97. The number of aliphatic hydroxyl groups is 1. The maximum atomic E-state index is 11.1. The van der Waals surface area contributed by atoms with E-state index in [1.165, 1.54) is 13.2 Å². The molecule has 18 heavy (non-hydrogen) atoms. The third-order valence-corrected chi connectivity index (χ3v) is 2.94. The Hall–Kier alpha value is -1.81. The molecule has 0 spiro atoms. The SMILES string of the molecule is COC1=CC(=O)OC1C(O)CCc1ccccc1. The number of ether oxygens (including phenoxy) is 2. The van der Waals surface area contributed by atoms with Crippen molar-refractivity contribution in [3.8, 4) is 0 Å². The fourth-order valence-corrected chi connectivity index (χ4v) is 1.97. The Labute approximate surface area is 106 Å². The van der Waals surface area contributed by atoms with Crippen LogP contribution in [0.3, 0.4) is 0 Å². The van der Waals surface area contributed by atoms with Gasteiger partial charge in [-0.1, -0.05) is 30.3 Å². The first-order valence-corrected chi connectivity index (χ1v) is 5.89. The summed E-state index contributed by atoms with van der Waals surface area (Å²) in [6, 6.07) is 9.86. The molecule has 2 unspecified atom stereocenters. The number of benzene rings is 1. The second kappa shape index (κ2) is 5.69. The van der Waals surface area contributed by atoms with E-state index < -0.39 is 18.2 Å². The van der Waals surface area contributed by atoms with Crippen molar-refractivity contribution in [2.24, 2.45) is 0 Å². The van der Waals surface area contributed by atoms with Gasteiger partial charge in [0.05, 0.1) is 19.3 Å². The molecular weight excluding hydrogens is 232 g/mol. The molecule has 2 atom stereocenters. The first-order chi connectivity index (χ1) is 8.70. The van der Waals surface area contributed by atoms with Crippen molar-refractivity contribution in [2.45, 2.75) is 25.0 Å². The zero-order chi connectivity index (χ0) is 13.0. The zero-order valence-electron chi connectivity index (χ0n) is 10.2. The van der Waals surface area contributed by atoms with Crippen LogP contribution in [-0.4, -0.2) is 30.4 Å². The summed E-state index contributed by atoms with van der Waals surface area (Å²) in [4.78, 5) is 11.1. The summed E-state index contributed by atoms with van der Waals surface area (Å²) in [5, 5.41) is 10.0.